The minimum absolute atomic E-state index is 0.0642. The number of aromatic nitrogens is 2. The van der Waals surface area contributed by atoms with Gasteiger partial charge < -0.3 is 19.4 Å². The highest BCUT2D eigenvalue weighted by atomic mass is 16.5. The zero-order valence-electron chi connectivity index (χ0n) is 25.2. The Bertz CT molecular complexity index is 1810. The monoisotopic (exact) mass is 603 g/mol. The molecule has 1 heterocycles. The molecule has 7 rings (SSSR count). The Hall–Kier alpha value is -5.75. The number of fused-ring (bicyclic) bond motifs is 3. The molecule has 1 aromatic heterocycles. The highest BCUT2D eigenvalue weighted by Gasteiger charge is 2.38. The fourth-order valence-electron chi connectivity index (χ4n) is 6.79. The van der Waals surface area contributed by atoms with Gasteiger partial charge in [0.05, 0.1) is 18.1 Å². The van der Waals surface area contributed by atoms with Gasteiger partial charge in [0, 0.05) is 18.5 Å². The average molecular weight is 604 g/mol. The fourth-order valence-corrected chi connectivity index (χ4v) is 6.79. The molecule has 1 aliphatic carbocycles. The van der Waals surface area contributed by atoms with Crippen molar-refractivity contribution in [2.45, 2.75) is 23.9 Å². The lowest BCUT2D eigenvalue weighted by Crippen LogP contribution is -2.38. The topological polar surface area (TPSA) is 73.2 Å². The molecule has 1 N–H and O–H groups in total. The molecule has 46 heavy (non-hydrogen) atoms. The molecule has 0 saturated carbocycles. The quantitative estimate of drug-likeness (QED) is 0.131. The molecule has 6 aromatic rings. The Morgan fingerprint density at radius 3 is 1.72 bits per heavy atom. The number of rotatable bonds is 10. The second-order valence-electron chi connectivity index (χ2n) is 11.5. The number of aldehydes is 1. The number of benzene rings is 5. The van der Waals surface area contributed by atoms with Crippen LogP contribution in [-0.4, -0.2) is 34.6 Å². The third-order valence-corrected chi connectivity index (χ3v) is 8.84. The maximum Gasteiger partial charge on any atom is 0.407 e. The van der Waals surface area contributed by atoms with E-state index in [0.717, 1.165) is 45.2 Å². The predicted octanol–water partition coefficient (Wildman–Crippen LogP) is 7.37. The van der Waals surface area contributed by atoms with Crippen LogP contribution in [-0.2, 0) is 21.5 Å². The number of hydrogen-bond acceptors (Lipinski definition) is 4. The van der Waals surface area contributed by atoms with E-state index in [1.165, 1.54) is 0 Å². The van der Waals surface area contributed by atoms with Crippen molar-refractivity contribution in [3.05, 3.63) is 186 Å². The number of carbonyl (C=O) groups is 2. The largest absolute Gasteiger partial charge is 0.449 e. The third kappa shape index (κ3) is 5.28. The van der Waals surface area contributed by atoms with E-state index in [4.69, 9.17) is 9.72 Å². The number of carbonyl (C=O) groups excluding carboxylic acids is 2. The first-order valence-electron chi connectivity index (χ1n) is 15.4. The number of ether oxygens (including phenoxy) is 1. The van der Waals surface area contributed by atoms with E-state index < -0.39 is 17.7 Å². The molecule has 1 atom stereocenters. The zero-order valence-corrected chi connectivity index (χ0v) is 25.2. The van der Waals surface area contributed by atoms with Crippen molar-refractivity contribution >= 4 is 12.4 Å². The Kier molecular flexibility index (Phi) is 8.00. The molecular weight excluding hydrogens is 570 g/mol. The molecule has 0 aliphatic heterocycles. The molecule has 0 bridgehead atoms. The van der Waals surface area contributed by atoms with Crippen molar-refractivity contribution in [2.24, 2.45) is 0 Å². The summed E-state index contributed by atoms with van der Waals surface area (Å²) < 4.78 is 7.80. The third-order valence-electron chi connectivity index (χ3n) is 8.84. The van der Waals surface area contributed by atoms with Gasteiger partial charge in [-0.2, -0.15) is 0 Å². The summed E-state index contributed by atoms with van der Waals surface area (Å²) in [6.07, 6.45) is 4.08. The number of nitrogens with zero attached hydrogens (tertiary/aromatic N) is 2. The van der Waals surface area contributed by atoms with Crippen LogP contribution in [0, 0.1) is 0 Å². The van der Waals surface area contributed by atoms with Crippen molar-refractivity contribution in [1.29, 1.82) is 0 Å². The average Bonchev–Trinajstić information content (AvgIpc) is 3.71. The molecule has 226 valence electrons. The SMILES string of the molecule is O=CC(Cc1cn(C(c2ccccc2)(c2ccccc2)c2ccccc2)cn1)NC(=O)OCC1c2ccccc2-c2ccccc21. The summed E-state index contributed by atoms with van der Waals surface area (Å²) in [6.45, 7) is 0.174. The Morgan fingerprint density at radius 1 is 0.739 bits per heavy atom. The van der Waals surface area contributed by atoms with Crippen LogP contribution in [0.2, 0.25) is 0 Å². The van der Waals surface area contributed by atoms with Crippen LogP contribution >= 0.6 is 0 Å². The number of alkyl carbamates (subject to hydrolysis) is 1. The second kappa shape index (κ2) is 12.7. The van der Waals surface area contributed by atoms with Crippen LogP contribution in [0.5, 0.6) is 0 Å². The Morgan fingerprint density at radius 2 is 1.22 bits per heavy atom. The minimum atomic E-state index is -0.807. The van der Waals surface area contributed by atoms with E-state index in [1.807, 2.05) is 85.1 Å². The zero-order chi connectivity index (χ0) is 31.3. The second-order valence-corrected chi connectivity index (χ2v) is 11.5. The smallest absolute Gasteiger partial charge is 0.407 e. The number of hydrogen-bond donors (Lipinski definition) is 1. The highest BCUT2D eigenvalue weighted by molar-refractivity contribution is 5.79. The van der Waals surface area contributed by atoms with Gasteiger partial charge in [-0.1, -0.05) is 140 Å². The lowest BCUT2D eigenvalue weighted by atomic mass is 9.77. The lowest BCUT2D eigenvalue weighted by molar-refractivity contribution is -0.109. The van der Waals surface area contributed by atoms with E-state index in [9.17, 15) is 9.59 Å². The van der Waals surface area contributed by atoms with E-state index in [2.05, 4.69) is 70.5 Å². The van der Waals surface area contributed by atoms with Crippen molar-refractivity contribution in [3.63, 3.8) is 0 Å². The van der Waals surface area contributed by atoms with Gasteiger partial charge in [-0.25, -0.2) is 9.78 Å². The van der Waals surface area contributed by atoms with Crippen LogP contribution in [0.15, 0.2) is 152 Å². The minimum Gasteiger partial charge on any atom is -0.449 e. The van der Waals surface area contributed by atoms with E-state index >= 15 is 0 Å². The summed E-state index contributed by atoms with van der Waals surface area (Å²) in [5, 5.41) is 2.75. The molecule has 0 radical (unpaired) electrons. The predicted molar refractivity (Wildman–Crippen MR) is 179 cm³/mol. The molecule has 1 aliphatic rings. The van der Waals surface area contributed by atoms with Gasteiger partial charge in [-0.15, -0.1) is 0 Å². The molecule has 0 fully saturated rings. The van der Waals surface area contributed by atoms with Gasteiger partial charge in [0.25, 0.3) is 0 Å². The fraction of sp³-hybridized carbons (Fsp3) is 0.125. The summed E-state index contributed by atoms with van der Waals surface area (Å²) in [5.74, 6) is -0.0642. The first-order chi connectivity index (χ1) is 22.7. The van der Waals surface area contributed by atoms with E-state index in [1.54, 1.807) is 6.33 Å². The molecule has 6 heteroatoms. The standard InChI is InChI=1S/C40H33N3O3/c44-26-33(42-39(45)46-27-38-36-22-12-10-20-34(36)35-21-11-13-23-37(35)38)24-32-25-43(28-41-32)40(29-14-4-1-5-15-29,30-16-6-2-7-17-30)31-18-8-3-9-19-31/h1-23,25-26,28,33,38H,24,27H2,(H,42,45). The lowest BCUT2D eigenvalue weighted by Gasteiger charge is -2.37. The molecule has 1 unspecified atom stereocenters. The van der Waals surface area contributed by atoms with Gasteiger partial charge in [0.1, 0.15) is 18.4 Å². The number of nitrogens with one attached hydrogen (secondary N) is 1. The normalized spacial score (nSPS) is 13.0. The van der Waals surface area contributed by atoms with Crippen molar-refractivity contribution in [1.82, 2.24) is 14.9 Å². The first kappa shape index (κ1) is 29.0. The molecule has 0 saturated heterocycles. The van der Waals surface area contributed by atoms with Crippen molar-refractivity contribution in [3.8, 4) is 11.1 Å². The molecule has 5 aromatic carbocycles. The van der Waals surface area contributed by atoms with Crippen LogP contribution in [0.25, 0.3) is 11.1 Å². The molecule has 6 nitrogen and oxygen atoms in total. The van der Waals surface area contributed by atoms with Crippen LogP contribution in [0.4, 0.5) is 4.79 Å². The number of amides is 1. The van der Waals surface area contributed by atoms with Crippen LogP contribution in [0.1, 0.15) is 39.4 Å². The summed E-state index contributed by atoms with van der Waals surface area (Å²) in [5.41, 5.74) is 7.74. The van der Waals surface area contributed by atoms with Gasteiger partial charge >= 0.3 is 6.09 Å². The number of imidazole rings is 1. The van der Waals surface area contributed by atoms with Crippen LogP contribution in [0.3, 0.4) is 0 Å². The first-order valence-corrected chi connectivity index (χ1v) is 15.4. The molecule has 1 amide bonds. The summed E-state index contributed by atoms with van der Waals surface area (Å²) in [6, 6.07) is 46.5. The maximum absolute atomic E-state index is 13.0. The summed E-state index contributed by atoms with van der Waals surface area (Å²) in [7, 11) is 0. The van der Waals surface area contributed by atoms with Crippen molar-refractivity contribution < 1.29 is 14.3 Å². The Balaban J connectivity index is 1.12. The maximum atomic E-state index is 13.0. The molecule has 0 spiro atoms. The summed E-state index contributed by atoms with van der Waals surface area (Å²) >= 11 is 0. The summed E-state index contributed by atoms with van der Waals surface area (Å²) in [4.78, 5) is 29.9. The highest BCUT2D eigenvalue weighted by Crippen LogP contribution is 2.44. The van der Waals surface area contributed by atoms with Gasteiger partial charge in [-0.05, 0) is 38.9 Å². The van der Waals surface area contributed by atoms with E-state index in [-0.39, 0.29) is 18.9 Å². The van der Waals surface area contributed by atoms with Gasteiger partial charge in [-0.3, -0.25) is 0 Å². The van der Waals surface area contributed by atoms with Gasteiger partial charge in [0.2, 0.25) is 0 Å². The van der Waals surface area contributed by atoms with Gasteiger partial charge in [0.15, 0.2) is 0 Å². The van der Waals surface area contributed by atoms with Crippen LogP contribution < -0.4 is 5.32 Å². The van der Waals surface area contributed by atoms with Crippen molar-refractivity contribution in [2.75, 3.05) is 6.61 Å². The molecular formula is C40H33N3O3. The van der Waals surface area contributed by atoms with E-state index in [0.29, 0.717) is 5.69 Å². The Labute approximate surface area is 268 Å².